The number of hydrogen-bond donors (Lipinski definition) is 5. The number of hydrogen-bond acceptors (Lipinski definition) is 13. The highest BCUT2D eigenvalue weighted by molar-refractivity contribution is 6.12. The summed E-state index contributed by atoms with van der Waals surface area (Å²) in [6, 6.07) is 7.18. The van der Waals surface area contributed by atoms with Crippen LogP contribution < -0.4 is 20.4 Å². The number of aromatic nitrogens is 4. The summed E-state index contributed by atoms with van der Waals surface area (Å²) < 4.78 is 6.01. The standard InChI is InChI=1S/C27H33BN10O4/c1-4-11-37(17-39)38(23-7-10-31-26(34-23)42-21-8-12-36(13-9-21)27(28,40)41)24-18(2)16-32-25(35-24)33-20-5-6-22(30-3)19(14-20)15-29/h4-7,10,14-17,21,29-30,40-41H,1,8-9,11-13H2,2-3H3,(H,32,33,35). The van der Waals surface area contributed by atoms with Crippen molar-refractivity contribution in [3.05, 3.63) is 60.4 Å². The Kier molecular flexibility index (Phi) is 9.67. The Bertz CT molecular complexity index is 1410. The lowest BCUT2D eigenvalue weighted by Gasteiger charge is -2.38. The van der Waals surface area contributed by atoms with Crippen LogP contribution in [0.5, 0.6) is 6.01 Å². The van der Waals surface area contributed by atoms with E-state index in [9.17, 15) is 15.0 Å². The second-order valence-electron chi connectivity index (χ2n) is 9.54. The summed E-state index contributed by atoms with van der Waals surface area (Å²) in [7, 11) is 7.16. The van der Waals surface area contributed by atoms with E-state index in [1.807, 2.05) is 19.1 Å². The van der Waals surface area contributed by atoms with Crippen molar-refractivity contribution in [2.75, 3.05) is 42.3 Å². The number of likely N-dealkylation sites (tertiary alicyclic amines) is 1. The van der Waals surface area contributed by atoms with Crippen LogP contribution in [0.2, 0.25) is 0 Å². The summed E-state index contributed by atoms with van der Waals surface area (Å²) in [6.45, 7) is 6.35. The first-order valence-electron chi connectivity index (χ1n) is 13.2. The molecule has 3 heterocycles. The van der Waals surface area contributed by atoms with Gasteiger partial charge in [0.1, 0.15) is 6.10 Å². The highest BCUT2D eigenvalue weighted by Gasteiger charge is 2.31. The molecule has 0 bridgehead atoms. The number of nitrogens with zero attached hydrogens (tertiary/aromatic N) is 7. The van der Waals surface area contributed by atoms with E-state index in [2.05, 4.69) is 32.2 Å². The minimum Gasteiger partial charge on any atom is -0.460 e. The van der Waals surface area contributed by atoms with Crippen LogP contribution in [0.25, 0.3) is 0 Å². The fourth-order valence-corrected chi connectivity index (χ4v) is 4.45. The molecule has 0 aliphatic carbocycles. The number of piperidine rings is 1. The molecule has 0 saturated carbocycles. The predicted octanol–water partition coefficient (Wildman–Crippen LogP) is 1.66. The van der Waals surface area contributed by atoms with Crippen molar-refractivity contribution in [3.63, 3.8) is 0 Å². The Morgan fingerprint density at radius 1 is 1.26 bits per heavy atom. The minimum absolute atomic E-state index is 0.0845. The maximum atomic E-state index is 12.2. The van der Waals surface area contributed by atoms with Crippen LogP contribution in [0.4, 0.5) is 29.0 Å². The van der Waals surface area contributed by atoms with E-state index >= 15 is 0 Å². The Hall–Kier alpha value is -4.60. The summed E-state index contributed by atoms with van der Waals surface area (Å²) in [5.41, 5.74) is 2.82. The zero-order valence-corrected chi connectivity index (χ0v) is 23.4. The van der Waals surface area contributed by atoms with Crippen molar-refractivity contribution in [1.82, 2.24) is 29.8 Å². The number of rotatable bonds is 13. The second-order valence-corrected chi connectivity index (χ2v) is 9.54. The number of anilines is 5. The van der Waals surface area contributed by atoms with Crippen molar-refractivity contribution in [2.24, 2.45) is 0 Å². The smallest absolute Gasteiger partial charge is 0.318 e. The van der Waals surface area contributed by atoms with E-state index in [1.165, 1.54) is 27.3 Å². The van der Waals surface area contributed by atoms with Crippen LogP contribution in [0, 0.1) is 12.3 Å². The molecule has 1 aromatic carbocycles. The van der Waals surface area contributed by atoms with Gasteiger partial charge in [-0.2, -0.15) is 9.97 Å². The number of aryl methyl sites for hydroxylation is 1. The molecular weight excluding hydrogens is 539 g/mol. The first kappa shape index (κ1) is 30.4. The number of carbonyl (C=O) groups excluding carboxylic acids is 1. The van der Waals surface area contributed by atoms with Gasteiger partial charge in [-0.15, -0.1) is 6.58 Å². The van der Waals surface area contributed by atoms with E-state index in [0.717, 1.165) is 5.69 Å². The lowest BCUT2D eigenvalue weighted by atomic mass is 9.98. The topological polar surface area (TPSA) is 176 Å². The maximum absolute atomic E-state index is 12.2. The number of aliphatic hydroxyl groups is 2. The number of benzene rings is 1. The SMILES string of the molecule is [B]C(O)(O)N1CCC(Oc2nccc(N(c3nc(Nc4ccc(NC)c(C=N)c4)ncc3C)N(C=O)CC=C)n2)CC1. The predicted molar refractivity (Wildman–Crippen MR) is 159 cm³/mol. The second kappa shape index (κ2) is 13.4. The Labute approximate surface area is 245 Å². The molecule has 5 N–H and O–H groups in total. The quantitative estimate of drug-likeness (QED) is 0.0501. The lowest BCUT2D eigenvalue weighted by Crippen LogP contribution is -2.53. The molecule has 14 nitrogen and oxygen atoms in total. The van der Waals surface area contributed by atoms with E-state index in [4.69, 9.17) is 23.0 Å². The van der Waals surface area contributed by atoms with Crippen molar-refractivity contribution in [1.29, 1.82) is 5.41 Å². The van der Waals surface area contributed by atoms with Crippen LogP contribution in [0.3, 0.4) is 0 Å². The zero-order valence-electron chi connectivity index (χ0n) is 23.4. The summed E-state index contributed by atoms with van der Waals surface area (Å²) in [4.78, 5) is 31.5. The molecule has 1 saturated heterocycles. The number of nitrogens with one attached hydrogen (secondary N) is 3. The molecule has 15 heteroatoms. The molecule has 4 rings (SSSR count). The maximum Gasteiger partial charge on any atom is 0.318 e. The molecule has 2 aromatic heterocycles. The summed E-state index contributed by atoms with van der Waals surface area (Å²) in [5.74, 6) is -1.43. The highest BCUT2D eigenvalue weighted by Crippen LogP contribution is 2.30. The zero-order chi connectivity index (χ0) is 30.3. The summed E-state index contributed by atoms with van der Waals surface area (Å²) in [6.07, 6.45) is 7.28. The monoisotopic (exact) mass is 572 g/mol. The number of hydrazine groups is 1. The van der Waals surface area contributed by atoms with Gasteiger partial charge in [0.2, 0.25) is 12.4 Å². The van der Waals surface area contributed by atoms with Crippen molar-refractivity contribution in [2.45, 2.75) is 31.7 Å². The first-order valence-corrected chi connectivity index (χ1v) is 13.2. The van der Waals surface area contributed by atoms with E-state index < -0.39 is 5.81 Å². The molecule has 42 heavy (non-hydrogen) atoms. The first-order chi connectivity index (χ1) is 20.2. The van der Waals surface area contributed by atoms with Crippen molar-refractivity contribution < 1.29 is 19.7 Å². The van der Waals surface area contributed by atoms with Gasteiger partial charge in [0.05, 0.1) is 6.54 Å². The molecule has 3 aromatic rings. The highest BCUT2D eigenvalue weighted by atomic mass is 16.5. The van der Waals surface area contributed by atoms with Gasteiger partial charge in [-0.3, -0.25) is 9.69 Å². The fourth-order valence-electron chi connectivity index (χ4n) is 4.45. The lowest BCUT2D eigenvalue weighted by molar-refractivity contribution is -0.205. The normalized spacial score (nSPS) is 14.1. The van der Waals surface area contributed by atoms with E-state index in [0.29, 0.717) is 60.8 Å². The third-order valence-electron chi connectivity index (χ3n) is 6.59. The number of carbonyl (C=O) groups is 1. The number of amides is 1. The number of ether oxygens (including phenoxy) is 1. The molecule has 0 unspecified atom stereocenters. The van der Waals surface area contributed by atoms with Gasteiger partial charge in [0, 0.05) is 67.3 Å². The third kappa shape index (κ3) is 7.18. The molecule has 218 valence electrons. The molecule has 1 fully saturated rings. The largest absolute Gasteiger partial charge is 0.460 e. The van der Waals surface area contributed by atoms with Crippen LogP contribution >= 0.6 is 0 Å². The Morgan fingerprint density at radius 3 is 2.67 bits per heavy atom. The fraction of sp³-hybridized carbons (Fsp3) is 0.333. The third-order valence-corrected chi connectivity index (χ3v) is 6.59. The van der Waals surface area contributed by atoms with Gasteiger partial charge in [-0.1, -0.05) is 6.08 Å². The molecule has 1 aliphatic heterocycles. The van der Waals surface area contributed by atoms with Gasteiger partial charge >= 0.3 is 6.01 Å². The average Bonchev–Trinajstić information content (AvgIpc) is 2.98. The van der Waals surface area contributed by atoms with E-state index in [-0.39, 0.29) is 24.6 Å². The molecular formula is C27H33BN10O4. The van der Waals surface area contributed by atoms with Crippen LogP contribution in [-0.4, -0.2) is 99.1 Å². The van der Waals surface area contributed by atoms with Crippen molar-refractivity contribution in [3.8, 4) is 6.01 Å². The molecule has 0 atom stereocenters. The van der Waals surface area contributed by atoms with Crippen LogP contribution in [0.15, 0.2) is 49.3 Å². The molecule has 2 radical (unpaired) electrons. The van der Waals surface area contributed by atoms with Crippen LogP contribution in [0.1, 0.15) is 24.0 Å². The van der Waals surface area contributed by atoms with Gasteiger partial charge < -0.3 is 31.0 Å². The van der Waals surface area contributed by atoms with Crippen molar-refractivity contribution >= 4 is 49.4 Å². The summed E-state index contributed by atoms with van der Waals surface area (Å²) >= 11 is 0. The van der Waals surface area contributed by atoms with Gasteiger partial charge in [-0.25, -0.2) is 20.0 Å². The Balaban J connectivity index is 1.63. The minimum atomic E-state index is -2.38. The van der Waals surface area contributed by atoms with Gasteiger partial charge in [-0.05, 0) is 38.0 Å². The van der Waals surface area contributed by atoms with Gasteiger partial charge in [0.15, 0.2) is 25.3 Å². The molecule has 1 amide bonds. The molecule has 0 spiro atoms. The van der Waals surface area contributed by atoms with E-state index in [1.54, 1.807) is 31.5 Å². The average molecular weight is 572 g/mol. The Morgan fingerprint density at radius 2 is 2.02 bits per heavy atom. The van der Waals surface area contributed by atoms with Gasteiger partial charge in [0.25, 0.3) is 0 Å². The van der Waals surface area contributed by atoms with Crippen LogP contribution in [-0.2, 0) is 4.79 Å². The molecule has 1 aliphatic rings. The summed E-state index contributed by atoms with van der Waals surface area (Å²) in [5, 5.41) is 36.0.